The normalized spacial score (nSPS) is 14.1. The second-order valence-electron chi connectivity index (χ2n) is 6.97. The number of carbonyl (C=O) groups is 2. The topological polar surface area (TPSA) is 93.4 Å². The van der Waals surface area contributed by atoms with Crippen LogP contribution in [0.15, 0.2) is 56.5 Å². The van der Waals surface area contributed by atoms with E-state index in [0.717, 1.165) is 19.0 Å². The summed E-state index contributed by atoms with van der Waals surface area (Å²) in [5.41, 5.74) is 3.89. The van der Waals surface area contributed by atoms with Crippen LogP contribution in [0.3, 0.4) is 0 Å². The minimum absolute atomic E-state index is 0.0174. The Morgan fingerprint density at radius 3 is 2.69 bits per heavy atom. The SMILES string of the molecule is O=C(N/N=C\c1ccc(OCC(=O)N2CCOCC2)cc1)c1cc2cc(Br)cc(I)c2o1. The molecule has 4 rings (SSSR count). The molecule has 1 saturated heterocycles. The number of rotatable bonds is 6. The smallest absolute Gasteiger partial charge is 0.307 e. The zero-order chi connectivity index (χ0) is 22.5. The zero-order valence-electron chi connectivity index (χ0n) is 16.8. The van der Waals surface area contributed by atoms with Crippen molar-refractivity contribution in [2.24, 2.45) is 5.10 Å². The van der Waals surface area contributed by atoms with Crippen LogP contribution in [-0.2, 0) is 9.53 Å². The number of carbonyl (C=O) groups excluding carboxylic acids is 2. The monoisotopic (exact) mass is 611 g/mol. The molecular weight excluding hydrogens is 593 g/mol. The third-order valence-electron chi connectivity index (χ3n) is 4.75. The van der Waals surface area contributed by atoms with Crippen molar-refractivity contribution in [3.05, 3.63) is 61.8 Å². The molecule has 2 heterocycles. The molecule has 0 atom stereocenters. The van der Waals surface area contributed by atoms with Gasteiger partial charge in [-0.2, -0.15) is 5.10 Å². The largest absolute Gasteiger partial charge is 0.484 e. The minimum atomic E-state index is -0.439. The lowest BCUT2D eigenvalue weighted by Crippen LogP contribution is -2.42. The average molecular weight is 612 g/mol. The van der Waals surface area contributed by atoms with Crippen molar-refractivity contribution in [1.82, 2.24) is 10.3 Å². The van der Waals surface area contributed by atoms with Gasteiger partial charge in [0.2, 0.25) is 0 Å². The van der Waals surface area contributed by atoms with Crippen LogP contribution >= 0.6 is 38.5 Å². The second-order valence-corrected chi connectivity index (χ2v) is 9.04. The molecule has 2 amide bonds. The summed E-state index contributed by atoms with van der Waals surface area (Å²) in [6.07, 6.45) is 1.52. The lowest BCUT2D eigenvalue weighted by molar-refractivity contribution is -0.137. The van der Waals surface area contributed by atoms with E-state index in [0.29, 0.717) is 37.6 Å². The average Bonchev–Trinajstić information content (AvgIpc) is 3.23. The third kappa shape index (κ3) is 5.67. The van der Waals surface area contributed by atoms with Gasteiger partial charge in [-0.15, -0.1) is 0 Å². The maximum atomic E-state index is 12.3. The number of furan rings is 1. The number of ether oxygens (including phenoxy) is 2. The first-order valence-electron chi connectivity index (χ1n) is 9.80. The van der Waals surface area contributed by atoms with Crippen LogP contribution in [-0.4, -0.2) is 55.8 Å². The van der Waals surface area contributed by atoms with E-state index in [4.69, 9.17) is 13.9 Å². The number of nitrogens with zero attached hydrogens (tertiary/aromatic N) is 2. The number of fused-ring (bicyclic) bond motifs is 1. The van der Waals surface area contributed by atoms with Crippen LogP contribution in [0.5, 0.6) is 5.75 Å². The van der Waals surface area contributed by atoms with Gasteiger partial charge < -0.3 is 18.8 Å². The summed E-state index contributed by atoms with van der Waals surface area (Å²) in [6.45, 7) is 2.28. The summed E-state index contributed by atoms with van der Waals surface area (Å²) in [7, 11) is 0. The molecule has 1 aromatic heterocycles. The quantitative estimate of drug-likeness (QED) is 0.260. The molecule has 1 fully saturated rings. The third-order valence-corrected chi connectivity index (χ3v) is 6.00. The Kier molecular flexibility index (Phi) is 7.43. The van der Waals surface area contributed by atoms with Crippen molar-refractivity contribution < 1.29 is 23.5 Å². The summed E-state index contributed by atoms with van der Waals surface area (Å²) in [4.78, 5) is 26.2. The molecular formula is C22H19BrIN3O5. The molecule has 8 nitrogen and oxygen atoms in total. The van der Waals surface area contributed by atoms with Crippen molar-refractivity contribution >= 4 is 67.5 Å². The van der Waals surface area contributed by atoms with Gasteiger partial charge in [-0.3, -0.25) is 9.59 Å². The van der Waals surface area contributed by atoms with Crippen LogP contribution in [0, 0.1) is 3.57 Å². The number of hydrogen-bond acceptors (Lipinski definition) is 6. The van der Waals surface area contributed by atoms with Crippen LogP contribution in [0.2, 0.25) is 0 Å². The number of morpholine rings is 1. The van der Waals surface area contributed by atoms with Crippen molar-refractivity contribution in [1.29, 1.82) is 0 Å². The molecule has 2 aromatic carbocycles. The number of amides is 2. The van der Waals surface area contributed by atoms with Crippen molar-refractivity contribution in [3.8, 4) is 5.75 Å². The molecule has 1 aliphatic rings. The predicted molar refractivity (Wildman–Crippen MR) is 131 cm³/mol. The molecule has 166 valence electrons. The van der Waals surface area contributed by atoms with E-state index in [1.807, 2.05) is 12.1 Å². The summed E-state index contributed by atoms with van der Waals surface area (Å²) in [5, 5.41) is 4.82. The Hall–Kier alpha value is -2.44. The maximum Gasteiger partial charge on any atom is 0.307 e. The van der Waals surface area contributed by atoms with Crippen molar-refractivity contribution in [2.45, 2.75) is 0 Å². The fraction of sp³-hybridized carbons (Fsp3) is 0.227. The number of hydrogen-bond donors (Lipinski definition) is 1. The Balaban J connectivity index is 1.29. The first-order valence-corrected chi connectivity index (χ1v) is 11.7. The van der Waals surface area contributed by atoms with Crippen LogP contribution in [0.25, 0.3) is 11.0 Å². The number of nitrogens with one attached hydrogen (secondary N) is 1. The molecule has 1 N–H and O–H groups in total. The highest BCUT2D eigenvalue weighted by Crippen LogP contribution is 2.28. The van der Waals surface area contributed by atoms with E-state index >= 15 is 0 Å². The summed E-state index contributed by atoms with van der Waals surface area (Å²) in [6, 6.07) is 12.5. The summed E-state index contributed by atoms with van der Waals surface area (Å²) >= 11 is 5.59. The molecule has 3 aromatic rings. The van der Waals surface area contributed by atoms with Crippen LogP contribution in [0.1, 0.15) is 16.1 Å². The fourth-order valence-electron chi connectivity index (χ4n) is 3.11. The van der Waals surface area contributed by atoms with Gasteiger partial charge in [0, 0.05) is 22.9 Å². The Bertz CT molecular complexity index is 1160. The summed E-state index contributed by atoms with van der Waals surface area (Å²) < 4.78 is 18.3. The highest BCUT2D eigenvalue weighted by atomic mass is 127. The van der Waals surface area contributed by atoms with Crippen molar-refractivity contribution in [3.63, 3.8) is 0 Å². The van der Waals surface area contributed by atoms with Crippen molar-refractivity contribution in [2.75, 3.05) is 32.9 Å². The lowest BCUT2D eigenvalue weighted by atomic mass is 10.2. The first kappa shape index (κ1) is 22.7. The van der Waals surface area contributed by atoms with E-state index in [-0.39, 0.29) is 18.3 Å². The molecule has 10 heteroatoms. The van der Waals surface area contributed by atoms with Gasteiger partial charge in [-0.1, -0.05) is 15.9 Å². The van der Waals surface area contributed by atoms with E-state index < -0.39 is 5.91 Å². The van der Waals surface area contributed by atoms with E-state index in [9.17, 15) is 9.59 Å². The highest BCUT2D eigenvalue weighted by Gasteiger charge is 2.17. The predicted octanol–water partition coefficient (Wildman–Crippen LogP) is 3.80. The van der Waals surface area contributed by atoms with Gasteiger partial charge in [-0.05, 0) is 70.6 Å². The number of benzene rings is 2. The zero-order valence-corrected chi connectivity index (χ0v) is 20.6. The molecule has 32 heavy (non-hydrogen) atoms. The lowest BCUT2D eigenvalue weighted by Gasteiger charge is -2.26. The molecule has 0 aliphatic carbocycles. The van der Waals surface area contributed by atoms with E-state index in [2.05, 4.69) is 49.0 Å². The molecule has 0 spiro atoms. The highest BCUT2D eigenvalue weighted by molar-refractivity contribution is 14.1. The Morgan fingerprint density at radius 2 is 1.94 bits per heavy atom. The molecule has 0 saturated carbocycles. The molecule has 0 bridgehead atoms. The van der Waals surface area contributed by atoms with E-state index in [1.165, 1.54) is 6.21 Å². The standard InChI is InChI=1S/C22H19BrIN3O5/c23-16-9-15-10-19(32-21(15)18(24)11-16)22(29)26-25-12-14-1-3-17(4-2-14)31-13-20(28)27-5-7-30-8-6-27/h1-4,9-12H,5-8,13H2,(H,26,29)/b25-12-. The van der Waals surface area contributed by atoms with Gasteiger partial charge in [0.1, 0.15) is 11.3 Å². The second kappa shape index (κ2) is 10.5. The number of hydrazone groups is 1. The van der Waals surface area contributed by atoms with Gasteiger partial charge in [0.05, 0.1) is 23.0 Å². The van der Waals surface area contributed by atoms with Crippen LogP contribution in [0.4, 0.5) is 0 Å². The Morgan fingerprint density at radius 1 is 1.19 bits per heavy atom. The molecule has 0 unspecified atom stereocenters. The van der Waals surface area contributed by atoms with E-state index in [1.54, 1.807) is 35.2 Å². The van der Waals surface area contributed by atoms with Gasteiger partial charge in [0.25, 0.3) is 5.91 Å². The molecule has 1 aliphatic heterocycles. The van der Waals surface area contributed by atoms with Gasteiger partial charge in [-0.25, -0.2) is 5.43 Å². The molecule has 0 radical (unpaired) electrons. The fourth-order valence-corrected chi connectivity index (χ4v) is 4.77. The Labute approximate surface area is 206 Å². The van der Waals surface area contributed by atoms with Gasteiger partial charge in [0.15, 0.2) is 12.4 Å². The van der Waals surface area contributed by atoms with Crippen LogP contribution < -0.4 is 10.2 Å². The maximum absolute atomic E-state index is 12.3. The summed E-state index contributed by atoms with van der Waals surface area (Å²) in [5.74, 6) is 0.262. The van der Waals surface area contributed by atoms with Gasteiger partial charge >= 0.3 is 5.91 Å². The number of halogens is 2. The first-order chi connectivity index (χ1) is 15.5. The minimum Gasteiger partial charge on any atom is -0.484 e.